The normalized spacial score (nSPS) is 15.1. The summed E-state index contributed by atoms with van der Waals surface area (Å²) in [6.07, 6.45) is 0. The first-order valence-corrected chi connectivity index (χ1v) is 7.09. The summed E-state index contributed by atoms with van der Waals surface area (Å²) >= 11 is 3.41. The minimum absolute atomic E-state index is 0.0256. The van der Waals surface area contributed by atoms with E-state index in [1.54, 1.807) is 12.1 Å². The average Bonchev–Trinajstić information content (AvgIpc) is 2.68. The lowest BCUT2D eigenvalue weighted by Crippen LogP contribution is -2.32. The number of thioether (sulfide) groups is 1. The van der Waals surface area contributed by atoms with Crippen LogP contribution in [0.3, 0.4) is 0 Å². The van der Waals surface area contributed by atoms with E-state index in [1.807, 2.05) is 12.1 Å². The van der Waals surface area contributed by atoms with Crippen LogP contribution in [0.4, 0.5) is 4.79 Å². The molecule has 0 unspecified atom stereocenters. The van der Waals surface area contributed by atoms with Crippen molar-refractivity contribution in [3.05, 3.63) is 27.8 Å². The third-order valence-electron chi connectivity index (χ3n) is 2.21. The van der Waals surface area contributed by atoms with Crippen molar-refractivity contribution in [2.24, 2.45) is 0 Å². The number of esters is 1. The second-order valence-electron chi connectivity index (χ2n) is 3.46. The van der Waals surface area contributed by atoms with Gasteiger partial charge in [0.1, 0.15) is 12.3 Å². The summed E-state index contributed by atoms with van der Waals surface area (Å²) < 4.78 is 6.21. The lowest BCUT2D eigenvalue weighted by Gasteiger charge is -2.13. The van der Waals surface area contributed by atoms with Gasteiger partial charge in [-0.15, -0.1) is 0 Å². The van der Waals surface area contributed by atoms with Crippen LogP contribution in [0, 0.1) is 3.57 Å². The summed E-state index contributed by atoms with van der Waals surface area (Å²) in [4.78, 5) is 24.4. The molecule has 0 atom stereocenters. The standard InChI is InChI=1S/C11H10INO3S/c12-8-1-3-9(4-2-8)16-10(14)7-13-5-6-17-11(13)15/h1-4H,5-7H2. The number of carbonyl (C=O) groups is 2. The fourth-order valence-electron chi connectivity index (χ4n) is 1.39. The maximum absolute atomic E-state index is 11.6. The van der Waals surface area contributed by atoms with Gasteiger partial charge in [-0.05, 0) is 46.9 Å². The molecule has 1 heterocycles. The van der Waals surface area contributed by atoms with Crippen molar-refractivity contribution >= 4 is 45.6 Å². The summed E-state index contributed by atoms with van der Waals surface area (Å²) in [5, 5.41) is -0.0513. The lowest BCUT2D eigenvalue weighted by molar-refractivity contribution is -0.134. The second kappa shape index (κ2) is 5.72. The number of benzene rings is 1. The Bertz CT molecular complexity index is 435. The fourth-order valence-corrected chi connectivity index (χ4v) is 2.58. The van der Waals surface area contributed by atoms with E-state index in [0.717, 1.165) is 9.32 Å². The minimum Gasteiger partial charge on any atom is -0.425 e. The van der Waals surface area contributed by atoms with Crippen molar-refractivity contribution in [1.82, 2.24) is 4.90 Å². The smallest absolute Gasteiger partial charge is 0.331 e. The third-order valence-corrected chi connectivity index (χ3v) is 3.82. The third kappa shape index (κ3) is 3.60. The van der Waals surface area contributed by atoms with Crippen LogP contribution in [0.2, 0.25) is 0 Å². The number of hydrogen-bond donors (Lipinski definition) is 0. The summed E-state index contributed by atoms with van der Waals surface area (Å²) in [6, 6.07) is 7.19. The van der Waals surface area contributed by atoms with E-state index in [-0.39, 0.29) is 11.8 Å². The van der Waals surface area contributed by atoms with Crippen LogP contribution < -0.4 is 4.74 Å². The number of amides is 1. The van der Waals surface area contributed by atoms with Gasteiger partial charge in [0.05, 0.1) is 0 Å². The summed E-state index contributed by atoms with van der Waals surface area (Å²) in [7, 11) is 0. The van der Waals surface area contributed by atoms with Crippen LogP contribution >= 0.6 is 34.4 Å². The molecule has 0 N–H and O–H groups in total. The SMILES string of the molecule is O=C(CN1CCSC1=O)Oc1ccc(I)cc1. The van der Waals surface area contributed by atoms with Gasteiger partial charge in [-0.25, -0.2) is 4.79 Å². The monoisotopic (exact) mass is 363 g/mol. The molecule has 0 aliphatic carbocycles. The molecule has 0 saturated carbocycles. The first-order valence-electron chi connectivity index (χ1n) is 5.03. The van der Waals surface area contributed by atoms with E-state index in [1.165, 1.54) is 16.7 Å². The predicted molar refractivity (Wildman–Crippen MR) is 74.2 cm³/mol. The molecule has 1 saturated heterocycles. The molecule has 2 rings (SSSR count). The molecule has 6 heteroatoms. The largest absolute Gasteiger partial charge is 0.425 e. The Labute approximate surface area is 117 Å². The van der Waals surface area contributed by atoms with Gasteiger partial charge in [0.15, 0.2) is 0 Å². The zero-order valence-corrected chi connectivity index (χ0v) is 11.9. The van der Waals surface area contributed by atoms with E-state index in [4.69, 9.17) is 4.74 Å². The van der Waals surface area contributed by atoms with Crippen molar-refractivity contribution in [3.63, 3.8) is 0 Å². The number of rotatable bonds is 3. The number of halogens is 1. The van der Waals surface area contributed by atoms with Crippen LogP contribution in [0.1, 0.15) is 0 Å². The molecule has 1 amide bonds. The molecule has 1 aromatic carbocycles. The maximum atomic E-state index is 11.6. The van der Waals surface area contributed by atoms with Gasteiger partial charge in [0.25, 0.3) is 5.24 Å². The van der Waals surface area contributed by atoms with Crippen LogP contribution in [0.25, 0.3) is 0 Å². The Balaban J connectivity index is 1.88. The Kier molecular flexibility index (Phi) is 4.27. The summed E-state index contributed by atoms with van der Waals surface area (Å²) in [6.45, 7) is 0.642. The molecular formula is C11H10INO3S. The highest BCUT2D eigenvalue weighted by molar-refractivity contribution is 14.1. The highest BCUT2D eigenvalue weighted by atomic mass is 127. The molecule has 1 aliphatic heterocycles. The number of hydrogen-bond acceptors (Lipinski definition) is 4. The second-order valence-corrected chi connectivity index (χ2v) is 5.76. The zero-order valence-electron chi connectivity index (χ0n) is 8.89. The minimum atomic E-state index is -0.401. The number of ether oxygens (including phenoxy) is 1. The molecule has 90 valence electrons. The molecule has 0 spiro atoms. The van der Waals surface area contributed by atoms with Crippen LogP contribution in [-0.2, 0) is 4.79 Å². The topological polar surface area (TPSA) is 46.6 Å². The molecule has 1 aliphatic rings. The highest BCUT2D eigenvalue weighted by Crippen LogP contribution is 2.18. The average molecular weight is 363 g/mol. The molecular weight excluding hydrogens is 353 g/mol. The number of carbonyl (C=O) groups excluding carboxylic acids is 2. The van der Waals surface area contributed by atoms with Crippen LogP contribution in [0.15, 0.2) is 24.3 Å². The highest BCUT2D eigenvalue weighted by Gasteiger charge is 2.23. The molecule has 4 nitrogen and oxygen atoms in total. The van der Waals surface area contributed by atoms with Crippen molar-refractivity contribution in [1.29, 1.82) is 0 Å². The molecule has 1 fully saturated rings. The van der Waals surface area contributed by atoms with Crippen molar-refractivity contribution in [2.75, 3.05) is 18.8 Å². The van der Waals surface area contributed by atoms with E-state index in [2.05, 4.69) is 22.6 Å². The van der Waals surface area contributed by atoms with Crippen LogP contribution in [-0.4, -0.2) is 35.0 Å². The van der Waals surface area contributed by atoms with Crippen molar-refractivity contribution < 1.29 is 14.3 Å². The van der Waals surface area contributed by atoms with Gasteiger partial charge in [-0.2, -0.15) is 0 Å². The molecule has 0 radical (unpaired) electrons. The molecule has 1 aromatic rings. The first kappa shape index (κ1) is 12.7. The molecule has 0 bridgehead atoms. The van der Waals surface area contributed by atoms with Gasteiger partial charge in [0.2, 0.25) is 0 Å². The Morgan fingerprint density at radius 3 is 2.71 bits per heavy atom. The van der Waals surface area contributed by atoms with Crippen LogP contribution in [0.5, 0.6) is 5.75 Å². The zero-order chi connectivity index (χ0) is 12.3. The molecule has 0 aromatic heterocycles. The quantitative estimate of drug-likeness (QED) is 0.470. The maximum Gasteiger partial charge on any atom is 0.331 e. The first-order chi connectivity index (χ1) is 8.15. The molecule has 17 heavy (non-hydrogen) atoms. The Hall–Kier alpha value is -0.760. The van der Waals surface area contributed by atoms with Gasteiger partial charge < -0.3 is 9.64 Å². The van der Waals surface area contributed by atoms with Gasteiger partial charge >= 0.3 is 5.97 Å². The Morgan fingerprint density at radius 1 is 1.41 bits per heavy atom. The van der Waals surface area contributed by atoms with Gasteiger partial charge in [-0.3, -0.25) is 4.79 Å². The Morgan fingerprint density at radius 2 is 2.12 bits per heavy atom. The van der Waals surface area contributed by atoms with E-state index in [0.29, 0.717) is 12.3 Å². The van der Waals surface area contributed by atoms with Crippen molar-refractivity contribution in [3.8, 4) is 5.75 Å². The van der Waals surface area contributed by atoms with E-state index in [9.17, 15) is 9.59 Å². The van der Waals surface area contributed by atoms with Gasteiger partial charge in [0, 0.05) is 15.9 Å². The van der Waals surface area contributed by atoms with Crippen molar-refractivity contribution in [2.45, 2.75) is 0 Å². The van der Waals surface area contributed by atoms with Gasteiger partial charge in [-0.1, -0.05) is 11.8 Å². The lowest BCUT2D eigenvalue weighted by atomic mass is 10.3. The summed E-state index contributed by atoms with van der Waals surface area (Å²) in [5.74, 6) is 0.854. The fraction of sp³-hybridized carbons (Fsp3) is 0.273. The van der Waals surface area contributed by atoms with E-state index >= 15 is 0 Å². The van der Waals surface area contributed by atoms with E-state index < -0.39 is 5.97 Å². The summed E-state index contributed by atoms with van der Waals surface area (Å²) in [5.41, 5.74) is 0. The number of nitrogens with zero attached hydrogens (tertiary/aromatic N) is 1. The predicted octanol–water partition coefficient (Wildman–Crippen LogP) is 2.37.